The van der Waals surface area contributed by atoms with Crippen molar-refractivity contribution in [2.45, 2.75) is 19.8 Å². The first-order chi connectivity index (χ1) is 13.5. The van der Waals surface area contributed by atoms with Crippen molar-refractivity contribution in [3.05, 3.63) is 54.1 Å². The van der Waals surface area contributed by atoms with Gasteiger partial charge in [0, 0.05) is 11.4 Å². The van der Waals surface area contributed by atoms with E-state index in [1.54, 1.807) is 48.5 Å². The number of benzene rings is 2. The molecule has 7 nitrogen and oxygen atoms in total. The van der Waals surface area contributed by atoms with E-state index >= 15 is 0 Å². The van der Waals surface area contributed by atoms with E-state index < -0.39 is 11.4 Å². The highest BCUT2D eigenvalue weighted by molar-refractivity contribution is 6.17. The predicted molar refractivity (Wildman–Crippen MR) is 104 cm³/mol. The first-order valence-corrected chi connectivity index (χ1v) is 9.02. The molecule has 1 aliphatic carbocycles. The molecular weight excluding hydrogens is 360 g/mol. The second-order valence-corrected chi connectivity index (χ2v) is 6.52. The number of methoxy groups -OCH3 is 1. The maximum atomic E-state index is 12.7. The molecule has 2 N–H and O–H groups in total. The van der Waals surface area contributed by atoms with Crippen LogP contribution in [0.3, 0.4) is 0 Å². The third-order valence-corrected chi connectivity index (χ3v) is 4.61. The SMILES string of the molecule is CCOc1ccc(NC(=O)C2(C(=O)Nc3ccc(C(=O)OC)cc3)CC2)cc1. The van der Waals surface area contributed by atoms with Gasteiger partial charge in [-0.1, -0.05) is 0 Å². The number of nitrogens with one attached hydrogen (secondary N) is 2. The van der Waals surface area contributed by atoms with Crippen molar-refractivity contribution in [3.8, 4) is 5.75 Å². The third-order valence-electron chi connectivity index (χ3n) is 4.61. The van der Waals surface area contributed by atoms with Gasteiger partial charge < -0.3 is 20.1 Å². The van der Waals surface area contributed by atoms with Gasteiger partial charge in [0.25, 0.3) is 0 Å². The minimum atomic E-state index is -1.07. The van der Waals surface area contributed by atoms with Crippen LogP contribution in [0.25, 0.3) is 0 Å². The molecule has 0 bridgehead atoms. The Morgan fingerprint density at radius 3 is 1.82 bits per heavy atom. The predicted octanol–water partition coefficient (Wildman–Crippen LogP) is 3.23. The van der Waals surface area contributed by atoms with E-state index in [1.807, 2.05) is 6.92 Å². The summed E-state index contributed by atoms with van der Waals surface area (Å²) in [5, 5.41) is 5.55. The fourth-order valence-corrected chi connectivity index (χ4v) is 2.79. The molecule has 0 aromatic heterocycles. The zero-order chi connectivity index (χ0) is 20.1. The first-order valence-electron chi connectivity index (χ1n) is 9.02. The van der Waals surface area contributed by atoms with Crippen molar-refractivity contribution in [1.29, 1.82) is 0 Å². The Balaban J connectivity index is 1.62. The Labute approximate surface area is 163 Å². The normalized spacial score (nSPS) is 13.9. The number of esters is 1. The molecule has 0 saturated heterocycles. The summed E-state index contributed by atoms with van der Waals surface area (Å²) in [6.07, 6.45) is 0.976. The molecule has 0 radical (unpaired) electrons. The number of carbonyl (C=O) groups excluding carboxylic acids is 3. The number of ether oxygens (including phenoxy) is 2. The molecule has 2 aromatic carbocycles. The van der Waals surface area contributed by atoms with Gasteiger partial charge in [-0.05, 0) is 68.3 Å². The van der Waals surface area contributed by atoms with E-state index in [9.17, 15) is 14.4 Å². The Morgan fingerprint density at radius 1 is 0.893 bits per heavy atom. The number of hydrogen-bond acceptors (Lipinski definition) is 5. The quantitative estimate of drug-likeness (QED) is 0.566. The number of rotatable bonds is 7. The molecule has 28 heavy (non-hydrogen) atoms. The lowest BCUT2D eigenvalue weighted by molar-refractivity contribution is -0.131. The van der Waals surface area contributed by atoms with Crippen LogP contribution in [0.4, 0.5) is 11.4 Å². The molecule has 2 amide bonds. The van der Waals surface area contributed by atoms with Gasteiger partial charge in [-0.15, -0.1) is 0 Å². The van der Waals surface area contributed by atoms with Crippen LogP contribution in [-0.4, -0.2) is 31.5 Å². The van der Waals surface area contributed by atoms with Crippen LogP contribution in [0, 0.1) is 5.41 Å². The van der Waals surface area contributed by atoms with E-state index in [1.165, 1.54) is 7.11 Å². The van der Waals surface area contributed by atoms with Gasteiger partial charge in [0.05, 0.1) is 19.3 Å². The summed E-state index contributed by atoms with van der Waals surface area (Å²) in [4.78, 5) is 36.8. The van der Waals surface area contributed by atoms with Gasteiger partial charge in [-0.25, -0.2) is 4.79 Å². The molecule has 0 spiro atoms. The average molecular weight is 382 g/mol. The Bertz CT molecular complexity index is 871. The number of amides is 2. The maximum Gasteiger partial charge on any atom is 0.337 e. The second-order valence-electron chi connectivity index (χ2n) is 6.52. The summed E-state index contributed by atoms with van der Waals surface area (Å²) in [7, 11) is 1.30. The van der Waals surface area contributed by atoms with Crippen molar-refractivity contribution >= 4 is 29.2 Å². The highest BCUT2D eigenvalue weighted by atomic mass is 16.5. The van der Waals surface area contributed by atoms with Gasteiger partial charge in [-0.3, -0.25) is 9.59 Å². The zero-order valence-corrected chi connectivity index (χ0v) is 15.8. The van der Waals surface area contributed by atoms with Gasteiger partial charge in [-0.2, -0.15) is 0 Å². The molecule has 0 unspecified atom stereocenters. The molecule has 146 valence electrons. The standard InChI is InChI=1S/C21H22N2O5/c1-3-28-17-10-8-16(9-11-17)23-20(26)21(12-13-21)19(25)22-15-6-4-14(5-7-15)18(24)27-2/h4-11H,3,12-13H2,1-2H3,(H,22,25)(H,23,26). The van der Waals surface area contributed by atoms with Crippen molar-refractivity contribution in [3.63, 3.8) is 0 Å². The van der Waals surface area contributed by atoms with E-state index in [2.05, 4.69) is 15.4 Å². The van der Waals surface area contributed by atoms with Gasteiger partial charge >= 0.3 is 5.97 Å². The number of hydrogen-bond donors (Lipinski definition) is 2. The largest absolute Gasteiger partial charge is 0.494 e. The molecule has 2 aromatic rings. The summed E-state index contributed by atoms with van der Waals surface area (Å²) >= 11 is 0. The van der Waals surface area contributed by atoms with Crippen LogP contribution in [-0.2, 0) is 14.3 Å². The smallest absolute Gasteiger partial charge is 0.337 e. The molecule has 3 rings (SSSR count). The maximum absolute atomic E-state index is 12.7. The molecule has 7 heteroatoms. The molecule has 1 saturated carbocycles. The lowest BCUT2D eigenvalue weighted by Gasteiger charge is -2.16. The highest BCUT2D eigenvalue weighted by Crippen LogP contribution is 2.47. The van der Waals surface area contributed by atoms with Crippen LogP contribution in [0.5, 0.6) is 5.75 Å². The summed E-state index contributed by atoms with van der Waals surface area (Å²) < 4.78 is 10.0. The van der Waals surface area contributed by atoms with Gasteiger partial charge in [0.1, 0.15) is 11.2 Å². The minimum Gasteiger partial charge on any atom is -0.494 e. The van der Waals surface area contributed by atoms with Crippen LogP contribution in [0.15, 0.2) is 48.5 Å². The lowest BCUT2D eigenvalue weighted by Crippen LogP contribution is -2.35. The third kappa shape index (κ3) is 4.14. The van der Waals surface area contributed by atoms with E-state index in [4.69, 9.17) is 4.74 Å². The van der Waals surface area contributed by atoms with Gasteiger partial charge in [0.2, 0.25) is 11.8 Å². The summed E-state index contributed by atoms with van der Waals surface area (Å²) in [5.74, 6) is -0.428. The Hall–Kier alpha value is -3.35. The molecule has 0 atom stereocenters. The summed E-state index contributed by atoms with van der Waals surface area (Å²) in [6.45, 7) is 2.46. The zero-order valence-electron chi connectivity index (χ0n) is 15.8. The van der Waals surface area contributed by atoms with Crippen molar-refractivity contribution < 1.29 is 23.9 Å². The van der Waals surface area contributed by atoms with Crippen molar-refractivity contribution in [2.24, 2.45) is 5.41 Å². The Kier molecular flexibility index (Phi) is 5.63. The first kappa shape index (κ1) is 19.4. The van der Waals surface area contributed by atoms with Crippen LogP contribution in [0.2, 0.25) is 0 Å². The highest BCUT2D eigenvalue weighted by Gasteiger charge is 2.56. The summed E-state index contributed by atoms with van der Waals surface area (Å²) in [5.41, 5.74) is 0.433. The molecule has 0 aliphatic heterocycles. The number of carbonyl (C=O) groups is 3. The molecular formula is C21H22N2O5. The fourth-order valence-electron chi connectivity index (χ4n) is 2.79. The van der Waals surface area contributed by atoms with Crippen molar-refractivity contribution in [1.82, 2.24) is 0 Å². The van der Waals surface area contributed by atoms with Crippen molar-refractivity contribution in [2.75, 3.05) is 24.4 Å². The topological polar surface area (TPSA) is 93.7 Å². The van der Waals surface area contributed by atoms with E-state index in [0.29, 0.717) is 36.4 Å². The van der Waals surface area contributed by atoms with E-state index in [0.717, 1.165) is 5.75 Å². The molecule has 1 fully saturated rings. The van der Waals surface area contributed by atoms with E-state index in [-0.39, 0.29) is 11.8 Å². The van der Waals surface area contributed by atoms with Crippen LogP contribution in [0.1, 0.15) is 30.1 Å². The van der Waals surface area contributed by atoms with Crippen LogP contribution >= 0.6 is 0 Å². The fraction of sp³-hybridized carbons (Fsp3) is 0.286. The molecule has 0 heterocycles. The molecule has 1 aliphatic rings. The Morgan fingerprint density at radius 2 is 1.39 bits per heavy atom. The lowest BCUT2D eigenvalue weighted by atomic mass is 10.0. The van der Waals surface area contributed by atoms with Crippen LogP contribution < -0.4 is 15.4 Å². The second kappa shape index (κ2) is 8.12. The average Bonchev–Trinajstić information content (AvgIpc) is 3.52. The summed E-state index contributed by atoms with van der Waals surface area (Å²) in [6, 6.07) is 13.3. The number of anilines is 2. The monoisotopic (exact) mass is 382 g/mol. The van der Waals surface area contributed by atoms with Gasteiger partial charge in [0.15, 0.2) is 0 Å². The minimum absolute atomic E-state index is 0.333.